The van der Waals surface area contributed by atoms with Gasteiger partial charge in [0.1, 0.15) is 23.3 Å². The van der Waals surface area contributed by atoms with E-state index in [1.807, 2.05) is 56.3 Å². The van der Waals surface area contributed by atoms with Crippen LogP contribution in [0.4, 0.5) is 5.82 Å². The maximum Gasteiger partial charge on any atom is 0.282 e. The molecule has 2 aromatic carbocycles. The fraction of sp³-hybridized carbons (Fsp3) is 0.143. The monoisotopic (exact) mass is 554 g/mol. The van der Waals surface area contributed by atoms with Crippen molar-refractivity contribution in [2.75, 3.05) is 12.4 Å². The van der Waals surface area contributed by atoms with E-state index in [4.69, 9.17) is 5.10 Å². The quantitative estimate of drug-likeness (QED) is 0.273. The summed E-state index contributed by atoms with van der Waals surface area (Å²) in [4.78, 5) is 25.9. The lowest BCUT2D eigenvalue weighted by Gasteiger charge is -2.20. The molecule has 1 atom stereocenters. The minimum atomic E-state index is -3.63. The first-order valence-corrected chi connectivity index (χ1v) is 14.1. The first-order valence-electron chi connectivity index (χ1n) is 12.6. The molecule has 0 aliphatic heterocycles. The molecule has 0 fully saturated rings. The van der Waals surface area contributed by atoms with Gasteiger partial charge in [0.05, 0.1) is 22.0 Å². The number of para-hydroxylation sites is 1. The normalized spacial score (nSPS) is 12.7. The Bertz CT molecular complexity index is 2050. The van der Waals surface area contributed by atoms with E-state index < -0.39 is 16.1 Å². The Hall–Kier alpha value is -4.81. The number of sulfonamides is 1. The van der Waals surface area contributed by atoms with Gasteiger partial charge in [-0.3, -0.25) is 9.36 Å². The van der Waals surface area contributed by atoms with Gasteiger partial charge in [-0.2, -0.15) is 5.10 Å². The molecule has 0 amide bonds. The molecule has 3 N–H and O–H groups in total. The molecule has 40 heavy (non-hydrogen) atoms. The molecule has 11 nitrogen and oxygen atoms in total. The third kappa shape index (κ3) is 4.23. The average molecular weight is 555 g/mol. The van der Waals surface area contributed by atoms with Gasteiger partial charge in [-0.05, 0) is 62.4 Å². The van der Waals surface area contributed by atoms with Gasteiger partial charge >= 0.3 is 0 Å². The summed E-state index contributed by atoms with van der Waals surface area (Å²) in [7, 11) is -2.26. The summed E-state index contributed by atoms with van der Waals surface area (Å²) in [6.07, 6.45) is 4.99. The SMILES string of the molecule is CNS(=O)(=O)c1cccc(-c2c[nH]c3ncnc(N[C@@H](C)c4nn5ccc(C)c5c(=O)n4-c4ccccc4)c23)c1. The van der Waals surface area contributed by atoms with Crippen molar-refractivity contribution in [2.45, 2.75) is 24.8 Å². The minimum Gasteiger partial charge on any atom is -0.360 e. The number of aromatic nitrogens is 6. The van der Waals surface area contributed by atoms with E-state index in [1.165, 1.54) is 19.4 Å². The Morgan fingerprint density at radius 1 is 1.02 bits per heavy atom. The highest BCUT2D eigenvalue weighted by atomic mass is 32.2. The summed E-state index contributed by atoms with van der Waals surface area (Å²) in [5.41, 5.74) is 3.85. The van der Waals surface area contributed by atoms with Crippen molar-refractivity contribution < 1.29 is 8.42 Å². The molecule has 0 unspecified atom stereocenters. The zero-order chi connectivity index (χ0) is 28.0. The highest BCUT2D eigenvalue weighted by molar-refractivity contribution is 7.89. The molecular formula is C28H26N8O3S. The number of benzene rings is 2. The molecule has 0 aliphatic carbocycles. The smallest absolute Gasteiger partial charge is 0.282 e. The highest BCUT2D eigenvalue weighted by Gasteiger charge is 2.22. The van der Waals surface area contributed by atoms with E-state index in [0.717, 1.165) is 11.1 Å². The predicted molar refractivity (Wildman–Crippen MR) is 153 cm³/mol. The number of hydrogen-bond acceptors (Lipinski definition) is 7. The lowest BCUT2D eigenvalue weighted by Crippen LogP contribution is -2.29. The van der Waals surface area contributed by atoms with Gasteiger partial charge in [-0.25, -0.2) is 27.6 Å². The summed E-state index contributed by atoms with van der Waals surface area (Å²) in [6.45, 7) is 3.79. The summed E-state index contributed by atoms with van der Waals surface area (Å²) < 4.78 is 30.4. The van der Waals surface area contributed by atoms with Crippen molar-refractivity contribution in [1.29, 1.82) is 0 Å². The summed E-state index contributed by atoms with van der Waals surface area (Å²) in [5.74, 6) is 0.999. The van der Waals surface area contributed by atoms with Crippen LogP contribution < -0.4 is 15.6 Å². The van der Waals surface area contributed by atoms with Crippen LogP contribution in [0.2, 0.25) is 0 Å². The Kier molecular flexibility index (Phi) is 6.20. The highest BCUT2D eigenvalue weighted by Crippen LogP contribution is 2.34. The molecule has 6 aromatic rings. The van der Waals surface area contributed by atoms with Gasteiger partial charge in [-0.1, -0.05) is 30.3 Å². The second kappa shape index (κ2) is 9.74. The topological polar surface area (TPSA) is 139 Å². The van der Waals surface area contributed by atoms with E-state index >= 15 is 0 Å². The average Bonchev–Trinajstić information content (AvgIpc) is 3.58. The van der Waals surface area contributed by atoms with Crippen LogP contribution in [0.15, 0.2) is 89.1 Å². The molecule has 0 radical (unpaired) electrons. The van der Waals surface area contributed by atoms with E-state index in [0.29, 0.717) is 39.4 Å². The summed E-state index contributed by atoms with van der Waals surface area (Å²) >= 11 is 0. The van der Waals surface area contributed by atoms with Gasteiger partial charge in [0.15, 0.2) is 5.82 Å². The zero-order valence-corrected chi connectivity index (χ0v) is 22.8. The molecule has 0 saturated heterocycles. The van der Waals surface area contributed by atoms with Crippen molar-refractivity contribution in [1.82, 2.24) is 33.9 Å². The number of rotatable bonds is 7. The maximum absolute atomic E-state index is 13.7. The first kappa shape index (κ1) is 25.5. The molecule has 4 aromatic heterocycles. The molecule has 0 spiro atoms. The molecule has 0 saturated carbocycles. The molecule has 0 aliphatic rings. The number of nitrogens with zero attached hydrogens (tertiary/aromatic N) is 5. The lowest BCUT2D eigenvalue weighted by molar-refractivity contribution is 0.588. The first-order chi connectivity index (χ1) is 19.3. The van der Waals surface area contributed by atoms with Crippen molar-refractivity contribution in [3.63, 3.8) is 0 Å². The number of anilines is 1. The number of H-pyrrole nitrogens is 1. The van der Waals surface area contributed by atoms with E-state index in [9.17, 15) is 13.2 Å². The van der Waals surface area contributed by atoms with Gasteiger partial charge in [0.25, 0.3) is 5.56 Å². The van der Waals surface area contributed by atoms with Crippen LogP contribution in [0.1, 0.15) is 24.4 Å². The zero-order valence-electron chi connectivity index (χ0n) is 22.0. The van der Waals surface area contributed by atoms with Crippen molar-refractivity contribution in [3.05, 3.63) is 101 Å². The lowest BCUT2D eigenvalue weighted by atomic mass is 10.1. The fourth-order valence-electron chi connectivity index (χ4n) is 4.86. The number of aromatic amines is 1. The van der Waals surface area contributed by atoms with Crippen molar-refractivity contribution in [3.8, 4) is 16.8 Å². The molecule has 202 valence electrons. The number of nitrogens with one attached hydrogen (secondary N) is 3. The Balaban J connectivity index is 1.48. The predicted octanol–water partition coefficient (Wildman–Crippen LogP) is 3.81. The van der Waals surface area contributed by atoms with Crippen LogP contribution in [0.5, 0.6) is 0 Å². The Morgan fingerprint density at radius 2 is 1.82 bits per heavy atom. The van der Waals surface area contributed by atoms with Crippen LogP contribution in [-0.4, -0.2) is 44.6 Å². The number of aryl methyl sites for hydroxylation is 1. The van der Waals surface area contributed by atoms with Crippen LogP contribution >= 0.6 is 0 Å². The molecule has 12 heteroatoms. The van der Waals surface area contributed by atoms with E-state index in [2.05, 4.69) is 25.0 Å². The van der Waals surface area contributed by atoms with E-state index in [1.54, 1.807) is 33.6 Å². The van der Waals surface area contributed by atoms with Gasteiger partial charge in [-0.15, -0.1) is 0 Å². The van der Waals surface area contributed by atoms with Crippen LogP contribution in [-0.2, 0) is 10.0 Å². The van der Waals surface area contributed by atoms with Crippen molar-refractivity contribution in [2.24, 2.45) is 0 Å². The second-order valence-electron chi connectivity index (χ2n) is 9.38. The van der Waals surface area contributed by atoms with Crippen LogP contribution in [0.25, 0.3) is 33.4 Å². The van der Waals surface area contributed by atoms with E-state index in [-0.39, 0.29) is 10.5 Å². The molecular weight excluding hydrogens is 528 g/mol. The number of hydrogen-bond donors (Lipinski definition) is 3. The Morgan fingerprint density at radius 3 is 2.60 bits per heavy atom. The number of fused-ring (bicyclic) bond motifs is 2. The third-order valence-electron chi connectivity index (χ3n) is 6.86. The minimum absolute atomic E-state index is 0.146. The summed E-state index contributed by atoms with van der Waals surface area (Å²) in [5, 5.41) is 8.92. The maximum atomic E-state index is 13.7. The van der Waals surface area contributed by atoms with Gasteiger partial charge in [0, 0.05) is 18.0 Å². The van der Waals surface area contributed by atoms with Crippen LogP contribution in [0, 0.1) is 6.92 Å². The molecule has 6 rings (SSSR count). The van der Waals surface area contributed by atoms with Crippen molar-refractivity contribution >= 4 is 32.4 Å². The molecule has 0 bridgehead atoms. The summed E-state index contributed by atoms with van der Waals surface area (Å²) in [6, 6.07) is 17.4. The van der Waals surface area contributed by atoms with Gasteiger partial charge in [0.2, 0.25) is 10.0 Å². The fourth-order valence-corrected chi connectivity index (χ4v) is 5.63. The third-order valence-corrected chi connectivity index (χ3v) is 8.27. The molecule has 4 heterocycles. The Labute approximate surface area is 229 Å². The van der Waals surface area contributed by atoms with Gasteiger partial charge < -0.3 is 10.3 Å². The largest absolute Gasteiger partial charge is 0.360 e. The second-order valence-corrected chi connectivity index (χ2v) is 11.3. The van der Waals surface area contributed by atoms with Crippen LogP contribution in [0.3, 0.4) is 0 Å². The standard InChI is InChI=1S/C28H26N8O3S/c1-17-12-13-35-24(17)28(37)36(20-9-5-4-6-10-20)27(34-35)18(2)33-26-23-22(15-30-25(23)31-16-32-26)19-8-7-11-21(14-19)40(38,39)29-3/h4-16,18,29H,1-3H3,(H2,30,31,32,33)/t18-/m0/s1.